The predicted molar refractivity (Wildman–Crippen MR) is 88.0 cm³/mol. The first kappa shape index (κ1) is 15.4. The molecule has 23 heavy (non-hydrogen) atoms. The lowest BCUT2D eigenvalue weighted by atomic mass is 9.81. The Morgan fingerprint density at radius 3 is 2.65 bits per heavy atom. The fraction of sp³-hybridized carbons (Fsp3) is 0.688. The van der Waals surface area contributed by atoms with Crippen molar-refractivity contribution in [3.8, 4) is 0 Å². The van der Waals surface area contributed by atoms with E-state index in [9.17, 15) is 13.5 Å². The number of fused-ring (bicyclic) bond motifs is 4. The molecule has 1 N–H and O–H groups in total. The van der Waals surface area contributed by atoms with Gasteiger partial charge in [-0.1, -0.05) is 6.07 Å². The number of hydrogen-bond donors (Lipinski definition) is 1. The normalized spacial score (nSPS) is 40.4. The zero-order chi connectivity index (χ0) is 16.4. The number of sulfone groups is 1. The molecule has 2 bridgehead atoms. The molecule has 1 aromatic heterocycles. The molecule has 6 nitrogen and oxygen atoms in total. The molecule has 3 saturated heterocycles. The van der Waals surface area contributed by atoms with Crippen molar-refractivity contribution in [2.45, 2.75) is 29.9 Å². The van der Waals surface area contributed by atoms with Gasteiger partial charge in [0.1, 0.15) is 5.82 Å². The number of likely N-dealkylation sites (N-methyl/N-ethyl adjacent to an activating group) is 1. The first-order chi connectivity index (χ1) is 10.9. The Morgan fingerprint density at radius 1 is 1.26 bits per heavy atom. The molecule has 0 spiro atoms. The molecule has 0 aromatic carbocycles. The molecule has 126 valence electrons. The maximum atomic E-state index is 12.2. The average Bonchev–Trinajstić information content (AvgIpc) is 3.05. The van der Waals surface area contributed by atoms with Crippen LogP contribution in [0.25, 0.3) is 0 Å². The molecular weight excluding hydrogens is 314 g/mol. The Labute approximate surface area is 137 Å². The molecule has 6 atom stereocenters. The van der Waals surface area contributed by atoms with E-state index in [1.165, 1.54) is 6.26 Å². The summed E-state index contributed by atoms with van der Waals surface area (Å²) < 4.78 is 24.5. The van der Waals surface area contributed by atoms with Crippen LogP contribution in [-0.4, -0.2) is 73.2 Å². The number of rotatable bonds is 2. The van der Waals surface area contributed by atoms with Crippen molar-refractivity contribution >= 4 is 15.7 Å². The van der Waals surface area contributed by atoms with Crippen LogP contribution in [0.1, 0.15) is 6.42 Å². The summed E-state index contributed by atoms with van der Waals surface area (Å²) in [4.78, 5) is 8.70. The van der Waals surface area contributed by atoms with Gasteiger partial charge >= 0.3 is 0 Å². The molecule has 4 heterocycles. The first-order valence-corrected chi connectivity index (χ1v) is 10.1. The zero-order valence-corrected chi connectivity index (χ0v) is 14.2. The summed E-state index contributed by atoms with van der Waals surface area (Å²) in [6, 6.07) is 5.76. The van der Waals surface area contributed by atoms with Crippen molar-refractivity contribution in [2.24, 2.45) is 11.8 Å². The van der Waals surface area contributed by atoms with Gasteiger partial charge in [0.2, 0.25) is 0 Å². The van der Waals surface area contributed by atoms with E-state index in [1.54, 1.807) is 6.20 Å². The molecule has 3 aliphatic heterocycles. The molecule has 3 fully saturated rings. The van der Waals surface area contributed by atoms with Crippen LogP contribution in [0.4, 0.5) is 5.82 Å². The van der Waals surface area contributed by atoms with Crippen LogP contribution in [0.3, 0.4) is 0 Å². The molecule has 1 aromatic rings. The first-order valence-electron chi connectivity index (χ1n) is 8.13. The molecule has 0 radical (unpaired) electrons. The largest absolute Gasteiger partial charge is 0.391 e. The van der Waals surface area contributed by atoms with Gasteiger partial charge in [0.15, 0.2) is 9.84 Å². The van der Waals surface area contributed by atoms with Gasteiger partial charge in [-0.2, -0.15) is 0 Å². The third-order valence-electron chi connectivity index (χ3n) is 6.06. The van der Waals surface area contributed by atoms with Crippen LogP contribution >= 0.6 is 0 Å². The van der Waals surface area contributed by atoms with Crippen LogP contribution in [0.15, 0.2) is 24.4 Å². The smallest absolute Gasteiger partial charge is 0.151 e. The third-order valence-corrected chi connectivity index (χ3v) is 7.63. The predicted octanol–water partition coefficient (Wildman–Crippen LogP) is -0.00560. The van der Waals surface area contributed by atoms with Gasteiger partial charge in [0.25, 0.3) is 0 Å². The van der Waals surface area contributed by atoms with E-state index in [-0.39, 0.29) is 29.2 Å². The fourth-order valence-electron chi connectivity index (χ4n) is 5.00. The SMILES string of the molecule is CN1C2CC(S(C)(=O)=O)C1C1CN(c3ccccn3)CC1C2O. The average molecular weight is 337 g/mol. The minimum Gasteiger partial charge on any atom is -0.391 e. The second-order valence-electron chi connectivity index (χ2n) is 7.24. The van der Waals surface area contributed by atoms with Crippen LogP contribution in [0.5, 0.6) is 0 Å². The number of pyridine rings is 1. The van der Waals surface area contributed by atoms with Crippen LogP contribution in [0, 0.1) is 11.8 Å². The number of aromatic nitrogens is 1. The Hall–Kier alpha value is -1.18. The number of aliphatic hydroxyl groups is 1. The molecule has 0 saturated carbocycles. The summed E-state index contributed by atoms with van der Waals surface area (Å²) in [5.41, 5.74) is 0. The topological polar surface area (TPSA) is 73.7 Å². The van der Waals surface area contributed by atoms with Gasteiger partial charge in [0, 0.05) is 49.5 Å². The summed E-state index contributed by atoms with van der Waals surface area (Å²) in [6.07, 6.45) is 3.18. The molecule has 7 heteroatoms. The Kier molecular flexibility index (Phi) is 3.44. The molecule has 6 unspecified atom stereocenters. The second kappa shape index (κ2) is 5.16. The van der Waals surface area contributed by atoms with Crippen LogP contribution in [-0.2, 0) is 9.84 Å². The second-order valence-corrected chi connectivity index (χ2v) is 9.50. The molecular formula is C16H23N3O3S. The molecule has 0 aliphatic carbocycles. The van der Waals surface area contributed by atoms with Crippen molar-refractivity contribution in [1.29, 1.82) is 0 Å². The fourth-order valence-corrected chi connectivity index (χ4v) is 6.45. The summed E-state index contributed by atoms with van der Waals surface area (Å²) >= 11 is 0. The van der Waals surface area contributed by atoms with Crippen molar-refractivity contribution in [3.05, 3.63) is 24.4 Å². The van der Waals surface area contributed by atoms with Crippen molar-refractivity contribution in [1.82, 2.24) is 9.88 Å². The summed E-state index contributed by atoms with van der Waals surface area (Å²) in [5, 5.41) is 10.4. The quantitative estimate of drug-likeness (QED) is 0.819. The lowest BCUT2D eigenvalue weighted by Gasteiger charge is -2.43. The van der Waals surface area contributed by atoms with Gasteiger partial charge in [-0.15, -0.1) is 0 Å². The van der Waals surface area contributed by atoms with E-state index in [0.29, 0.717) is 6.42 Å². The minimum atomic E-state index is -3.12. The summed E-state index contributed by atoms with van der Waals surface area (Å²) in [7, 11) is -1.16. The molecule has 0 amide bonds. The highest BCUT2D eigenvalue weighted by Gasteiger charge is 2.60. The third kappa shape index (κ3) is 2.28. The van der Waals surface area contributed by atoms with E-state index in [2.05, 4.69) is 14.8 Å². The van der Waals surface area contributed by atoms with E-state index in [4.69, 9.17) is 0 Å². The molecule has 4 rings (SSSR count). The van der Waals surface area contributed by atoms with Crippen molar-refractivity contribution < 1.29 is 13.5 Å². The van der Waals surface area contributed by atoms with Crippen LogP contribution in [0.2, 0.25) is 0 Å². The van der Waals surface area contributed by atoms with E-state index in [1.807, 2.05) is 25.2 Å². The van der Waals surface area contributed by atoms with Gasteiger partial charge in [-0.05, 0) is 25.6 Å². The number of hydrogen-bond acceptors (Lipinski definition) is 6. The Morgan fingerprint density at radius 2 is 2.00 bits per heavy atom. The highest BCUT2D eigenvalue weighted by molar-refractivity contribution is 7.91. The number of nitrogens with zero attached hydrogens (tertiary/aromatic N) is 3. The highest BCUT2D eigenvalue weighted by Crippen LogP contribution is 2.47. The summed E-state index contributed by atoms with van der Waals surface area (Å²) in [6.45, 7) is 1.51. The van der Waals surface area contributed by atoms with Gasteiger partial charge in [-0.3, -0.25) is 4.90 Å². The Balaban J connectivity index is 1.67. The number of piperidine rings is 1. The maximum Gasteiger partial charge on any atom is 0.151 e. The maximum absolute atomic E-state index is 12.2. The minimum absolute atomic E-state index is 0.00267. The van der Waals surface area contributed by atoms with E-state index < -0.39 is 15.9 Å². The van der Waals surface area contributed by atoms with Gasteiger partial charge in [0.05, 0.1) is 11.4 Å². The Bertz CT molecular complexity index is 696. The van der Waals surface area contributed by atoms with Crippen molar-refractivity contribution in [2.75, 3.05) is 31.3 Å². The number of aliphatic hydroxyl groups excluding tert-OH is 1. The zero-order valence-electron chi connectivity index (χ0n) is 13.4. The van der Waals surface area contributed by atoms with E-state index >= 15 is 0 Å². The van der Waals surface area contributed by atoms with Gasteiger partial charge in [-0.25, -0.2) is 13.4 Å². The van der Waals surface area contributed by atoms with Crippen molar-refractivity contribution in [3.63, 3.8) is 0 Å². The standard InChI is InChI=1S/C16H23N3O3S/c1-18-12-7-13(23(2,21)22)15(18)10-8-19(9-11(10)16(12)20)14-5-3-4-6-17-14/h3-6,10-13,15-16,20H,7-9H2,1-2H3. The highest BCUT2D eigenvalue weighted by atomic mass is 32.2. The van der Waals surface area contributed by atoms with Crippen LogP contribution < -0.4 is 4.90 Å². The number of anilines is 1. The van der Waals surface area contributed by atoms with Gasteiger partial charge < -0.3 is 10.0 Å². The van der Waals surface area contributed by atoms with E-state index in [0.717, 1.165) is 18.9 Å². The lowest BCUT2D eigenvalue weighted by Crippen LogP contribution is -2.56. The molecule has 3 aliphatic rings. The lowest BCUT2D eigenvalue weighted by molar-refractivity contribution is -0.0334. The monoisotopic (exact) mass is 337 g/mol. The summed E-state index contributed by atoms with van der Waals surface area (Å²) in [5.74, 6) is 1.19.